The van der Waals surface area contributed by atoms with Crippen LogP contribution in [0.5, 0.6) is 0 Å². The van der Waals surface area contributed by atoms with Gasteiger partial charge in [0.15, 0.2) is 0 Å². The van der Waals surface area contributed by atoms with Gasteiger partial charge in [0.25, 0.3) is 5.91 Å². The van der Waals surface area contributed by atoms with E-state index in [9.17, 15) is 19.1 Å². The van der Waals surface area contributed by atoms with Crippen molar-refractivity contribution in [2.75, 3.05) is 18.5 Å². The number of aliphatic hydroxyl groups excluding tert-OH is 1. The summed E-state index contributed by atoms with van der Waals surface area (Å²) >= 11 is 5.75. The molecule has 0 spiro atoms. The van der Waals surface area contributed by atoms with Gasteiger partial charge in [-0.3, -0.25) is 9.59 Å². The zero-order valence-electron chi connectivity index (χ0n) is 17.7. The van der Waals surface area contributed by atoms with Gasteiger partial charge in [-0.05, 0) is 35.9 Å². The van der Waals surface area contributed by atoms with Crippen molar-refractivity contribution in [3.8, 4) is 0 Å². The molecule has 1 saturated heterocycles. The van der Waals surface area contributed by atoms with Crippen molar-refractivity contribution in [2.45, 2.75) is 18.7 Å². The number of carbonyl (C=O) groups is 2. The number of nitrogens with zero attached hydrogens (tertiary/aromatic N) is 3. The Morgan fingerprint density at radius 1 is 1.30 bits per heavy atom. The lowest BCUT2D eigenvalue weighted by Crippen LogP contribution is -2.52. The maximum atomic E-state index is 13.3. The van der Waals surface area contributed by atoms with Crippen LogP contribution in [0.1, 0.15) is 27.8 Å². The van der Waals surface area contributed by atoms with Gasteiger partial charge in [-0.25, -0.2) is 9.37 Å². The normalized spacial score (nSPS) is 18.4. The number of aliphatic hydroxyl groups is 1. The minimum absolute atomic E-state index is 0.116. The van der Waals surface area contributed by atoms with E-state index in [0.717, 1.165) is 11.6 Å². The third-order valence-electron chi connectivity index (χ3n) is 5.56. The number of halogens is 2. The van der Waals surface area contributed by atoms with Gasteiger partial charge in [0.1, 0.15) is 24.4 Å². The van der Waals surface area contributed by atoms with Crippen molar-refractivity contribution in [3.05, 3.63) is 82.6 Å². The molecule has 8 nitrogen and oxygen atoms in total. The van der Waals surface area contributed by atoms with E-state index in [2.05, 4.69) is 10.3 Å². The molecule has 4 rings (SSSR count). The number of nitrogens with one attached hydrogen (secondary N) is 1. The molecule has 2 heterocycles. The zero-order valence-corrected chi connectivity index (χ0v) is 18.5. The van der Waals surface area contributed by atoms with E-state index in [1.165, 1.54) is 12.1 Å². The molecule has 1 aromatic heterocycles. The van der Waals surface area contributed by atoms with Crippen molar-refractivity contribution in [2.24, 2.45) is 7.05 Å². The van der Waals surface area contributed by atoms with Crippen LogP contribution >= 0.6 is 11.6 Å². The lowest BCUT2D eigenvalue weighted by Gasteiger charge is -2.40. The van der Waals surface area contributed by atoms with Crippen LogP contribution in [0.25, 0.3) is 0 Å². The van der Waals surface area contributed by atoms with E-state index in [0.29, 0.717) is 11.5 Å². The average Bonchev–Trinajstić information content (AvgIpc) is 3.21. The highest BCUT2D eigenvalue weighted by atomic mass is 35.5. The second-order valence-electron chi connectivity index (χ2n) is 7.66. The fourth-order valence-corrected chi connectivity index (χ4v) is 3.90. The van der Waals surface area contributed by atoms with Gasteiger partial charge in [0.05, 0.1) is 24.2 Å². The monoisotopic (exact) mass is 472 g/mol. The second-order valence-corrected chi connectivity index (χ2v) is 8.07. The Labute approximate surface area is 194 Å². The minimum atomic E-state index is -0.598. The van der Waals surface area contributed by atoms with Crippen LogP contribution in [0.3, 0.4) is 0 Å². The van der Waals surface area contributed by atoms with Gasteiger partial charge < -0.3 is 24.6 Å². The number of carbonyl (C=O) groups excluding carboxylic acids is 2. The number of ether oxygens (including phenoxy) is 1. The van der Waals surface area contributed by atoms with Crippen molar-refractivity contribution in [3.63, 3.8) is 0 Å². The summed E-state index contributed by atoms with van der Waals surface area (Å²) in [6, 6.07) is 10.0. The molecule has 10 heteroatoms. The third-order valence-corrected chi connectivity index (χ3v) is 5.84. The van der Waals surface area contributed by atoms with E-state index < -0.39 is 23.9 Å². The topological polar surface area (TPSA) is 96.7 Å². The first-order valence-electron chi connectivity index (χ1n) is 10.2. The predicted molar refractivity (Wildman–Crippen MR) is 119 cm³/mol. The molecule has 0 saturated carbocycles. The molecule has 2 atom stereocenters. The van der Waals surface area contributed by atoms with Crippen molar-refractivity contribution >= 4 is 29.1 Å². The molecular weight excluding hydrogens is 451 g/mol. The summed E-state index contributed by atoms with van der Waals surface area (Å²) in [4.78, 5) is 30.8. The van der Waals surface area contributed by atoms with Crippen LogP contribution in [-0.2, 0) is 23.1 Å². The Morgan fingerprint density at radius 2 is 2.06 bits per heavy atom. The SMILES string of the molecule is Cn1ccnc1CN1C(=O)COC(c2ccc(NC(=O)c3ccc(F)c(Cl)c3)cc2)C1CO. The maximum Gasteiger partial charge on any atom is 0.255 e. The standard InChI is InChI=1S/C23H22ClFN4O4/c1-28-9-8-26-20(28)11-29-19(12-30)22(33-13-21(29)31)14-2-5-16(6-3-14)27-23(32)15-4-7-18(25)17(24)10-15/h2-10,19,22,30H,11-13H2,1H3,(H,27,32). The van der Waals surface area contributed by atoms with Crippen LogP contribution in [-0.4, -0.2) is 50.6 Å². The highest BCUT2D eigenvalue weighted by Crippen LogP contribution is 2.31. The van der Waals surface area contributed by atoms with Crippen molar-refractivity contribution < 1.29 is 23.8 Å². The lowest BCUT2D eigenvalue weighted by atomic mass is 9.99. The maximum absolute atomic E-state index is 13.3. The lowest BCUT2D eigenvalue weighted by molar-refractivity contribution is -0.162. The molecule has 1 aliphatic rings. The Hall–Kier alpha value is -3.27. The first-order valence-corrected chi connectivity index (χ1v) is 10.6. The number of morpholine rings is 1. The number of rotatable bonds is 6. The summed E-state index contributed by atoms with van der Waals surface area (Å²) in [5, 5.41) is 12.6. The molecule has 2 amide bonds. The first kappa shape index (κ1) is 22.9. The van der Waals surface area contributed by atoms with Crippen molar-refractivity contribution in [1.29, 1.82) is 0 Å². The highest BCUT2D eigenvalue weighted by Gasteiger charge is 2.37. The van der Waals surface area contributed by atoms with E-state index in [1.54, 1.807) is 41.6 Å². The van der Waals surface area contributed by atoms with Gasteiger partial charge in [0.2, 0.25) is 5.91 Å². The molecule has 2 N–H and O–H groups in total. The molecule has 0 radical (unpaired) electrons. The number of aromatic nitrogens is 2. The number of anilines is 1. The second kappa shape index (κ2) is 9.70. The fourth-order valence-electron chi connectivity index (χ4n) is 3.72. The van der Waals surface area contributed by atoms with Gasteiger partial charge in [-0.2, -0.15) is 0 Å². The quantitative estimate of drug-likeness (QED) is 0.575. The van der Waals surface area contributed by atoms with E-state index >= 15 is 0 Å². The predicted octanol–water partition coefficient (Wildman–Crippen LogP) is 2.93. The van der Waals surface area contributed by atoms with Crippen LogP contribution in [0.2, 0.25) is 5.02 Å². The molecule has 0 bridgehead atoms. The van der Waals surface area contributed by atoms with E-state index in [-0.39, 0.29) is 36.3 Å². The zero-order chi connectivity index (χ0) is 23.5. The van der Waals surface area contributed by atoms with Gasteiger partial charge in [-0.1, -0.05) is 23.7 Å². The van der Waals surface area contributed by atoms with Crippen LogP contribution in [0.4, 0.5) is 10.1 Å². The van der Waals surface area contributed by atoms with Gasteiger partial charge in [0, 0.05) is 30.7 Å². The number of hydrogen-bond donors (Lipinski definition) is 2. The minimum Gasteiger partial charge on any atom is -0.394 e. The summed E-state index contributed by atoms with van der Waals surface area (Å²) in [6.07, 6.45) is 2.89. The molecule has 3 aromatic rings. The highest BCUT2D eigenvalue weighted by molar-refractivity contribution is 6.31. The fraction of sp³-hybridized carbons (Fsp3) is 0.261. The molecule has 33 heavy (non-hydrogen) atoms. The third kappa shape index (κ3) is 4.90. The summed E-state index contributed by atoms with van der Waals surface area (Å²) in [5.74, 6) is -0.561. The van der Waals surface area contributed by atoms with Crippen molar-refractivity contribution in [1.82, 2.24) is 14.5 Å². The molecule has 2 unspecified atom stereocenters. The number of aryl methyl sites for hydroxylation is 1. The summed E-state index contributed by atoms with van der Waals surface area (Å²) in [5.41, 5.74) is 1.49. The van der Waals surface area contributed by atoms with Gasteiger partial charge >= 0.3 is 0 Å². The number of amides is 2. The number of benzene rings is 2. The molecule has 0 aliphatic carbocycles. The largest absolute Gasteiger partial charge is 0.394 e. The Balaban J connectivity index is 1.48. The molecule has 2 aromatic carbocycles. The smallest absolute Gasteiger partial charge is 0.255 e. The Kier molecular flexibility index (Phi) is 6.73. The summed E-state index contributed by atoms with van der Waals surface area (Å²) < 4.78 is 20.9. The molecule has 1 aliphatic heterocycles. The van der Waals surface area contributed by atoms with Crippen LogP contribution < -0.4 is 5.32 Å². The van der Waals surface area contributed by atoms with Crippen LogP contribution in [0, 0.1) is 5.82 Å². The Bertz CT molecular complexity index is 1170. The molecule has 172 valence electrons. The van der Waals surface area contributed by atoms with E-state index in [4.69, 9.17) is 16.3 Å². The molecular formula is C23H22ClFN4O4. The van der Waals surface area contributed by atoms with Crippen LogP contribution in [0.15, 0.2) is 54.9 Å². The Morgan fingerprint density at radius 3 is 2.70 bits per heavy atom. The first-order chi connectivity index (χ1) is 15.9. The number of imidazole rings is 1. The summed E-state index contributed by atoms with van der Waals surface area (Å²) in [6.45, 7) is -0.151. The summed E-state index contributed by atoms with van der Waals surface area (Å²) in [7, 11) is 1.84. The average molecular weight is 473 g/mol. The van der Waals surface area contributed by atoms with Gasteiger partial charge in [-0.15, -0.1) is 0 Å². The number of hydrogen-bond acceptors (Lipinski definition) is 5. The van der Waals surface area contributed by atoms with E-state index in [1.807, 2.05) is 11.6 Å². The molecule has 1 fully saturated rings.